The van der Waals surface area contributed by atoms with E-state index in [9.17, 15) is 27.9 Å². The number of aromatic carboxylic acids is 1. The Balaban J connectivity index is 1.60. The first-order valence-electron chi connectivity index (χ1n) is 9.49. The minimum absolute atomic E-state index is 0.0595. The molecule has 30 heavy (non-hydrogen) atoms. The van der Waals surface area contributed by atoms with Gasteiger partial charge in [-0.3, -0.25) is 0 Å². The average Bonchev–Trinajstić information content (AvgIpc) is 2.73. The van der Waals surface area contributed by atoms with E-state index < -0.39 is 40.7 Å². The first kappa shape index (κ1) is 21.4. The van der Waals surface area contributed by atoms with Crippen LogP contribution >= 0.6 is 0 Å². The van der Waals surface area contributed by atoms with E-state index in [-0.39, 0.29) is 18.0 Å². The van der Waals surface area contributed by atoms with Gasteiger partial charge in [-0.05, 0) is 31.4 Å². The third kappa shape index (κ3) is 4.47. The van der Waals surface area contributed by atoms with Gasteiger partial charge in [-0.25, -0.2) is 27.7 Å². The second-order valence-electron chi connectivity index (χ2n) is 6.91. The van der Waals surface area contributed by atoms with E-state index in [4.69, 9.17) is 0 Å². The normalized spacial score (nSPS) is 14.5. The highest BCUT2D eigenvalue weighted by molar-refractivity contribution is 5.93. The van der Waals surface area contributed by atoms with Gasteiger partial charge in [0.2, 0.25) is 0 Å². The first-order chi connectivity index (χ1) is 14.3. The van der Waals surface area contributed by atoms with Gasteiger partial charge in [0.15, 0.2) is 17.5 Å². The van der Waals surface area contributed by atoms with E-state index in [1.54, 1.807) is 6.07 Å². The van der Waals surface area contributed by atoms with Crippen molar-refractivity contribution >= 4 is 23.5 Å². The van der Waals surface area contributed by atoms with E-state index in [0.717, 1.165) is 0 Å². The standard InChI is InChI=1S/C20H21F3N4O3/c1-2-12-16(22)14(21)10-15(17(12)23)26-20(30)25-11-5-8-27(9-6-11)18-13(19(28)29)4-3-7-24-18/h3-4,7,10-11H,2,5-6,8-9H2,1H3,(H,28,29)(H2,25,26,30). The van der Waals surface area contributed by atoms with Gasteiger partial charge in [-0.1, -0.05) is 6.92 Å². The number of carboxylic acid groups (broad SMARTS) is 1. The number of urea groups is 1. The number of carbonyl (C=O) groups is 2. The second-order valence-corrected chi connectivity index (χ2v) is 6.91. The summed E-state index contributed by atoms with van der Waals surface area (Å²) in [5, 5.41) is 14.2. The molecular weight excluding hydrogens is 401 g/mol. The number of nitrogens with one attached hydrogen (secondary N) is 2. The van der Waals surface area contributed by atoms with Crippen molar-refractivity contribution in [3.63, 3.8) is 0 Å². The highest BCUT2D eigenvalue weighted by atomic mass is 19.2. The first-order valence-corrected chi connectivity index (χ1v) is 9.49. The zero-order valence-electron chi connectivity index (χ0n) is 16.2. The SMILES string of the molecule is CCc1c(F)c(F)cc(NC(=O)NC2CCN(c3ncccc3C(=O)O)CC2)c1F. The van der Waals surface area contributed by atoms with Gasteiger partial charge < -0.3 is 20.6 Å². The summed E-state index contributed by atoms with van der Waals surface area (Å²) in [6, 6.07) is 2.65. The van der Waals surface area contributed by atoms with Crippen LogP contribution in [0.25, 0.3) is 0 Å². The van der Waals surface area contributed by atoms with Crippen molar-refractivity contribution in [3.05, 3.63) is 53.0 Å². The summed E-state index contributed by atoms with van der Waals surface area (Å²) >= 11 is 0. The summed E-state index contributed by atoms with van der Waals surface area (Å²) < 4.78 is 41.5. The zero-order chi connectivity index (χ0) is 21.8. The van der Waals surface area contributed by atoms with Crippen LogP contribution in [0.4, 0.5) is 29.5 Å². The number of carbonyl (C=O) groups excluding carboxylic acids is 1. The Morgan fingerprint density at radius 2 is 1.93 bits per heavy atom. The lowest BCUT2D eigenvalue weighted by molar-refractivity contribution is 0.0697. The van der Waals surface area contributed by atoms with Crippen LogP contribution in [0.5, 0.6) is 0 Å². The molecule has 160 valence electrons. The number of rotatable bonds is 5. The number of halogens is 3. The predicted octanol–water partition coefficient (Wildman–Crippen LogP) is 3.55. The van der Waals surface area contributed by atoms with Crippen LogP contribution in [0.2, 0.25) is 0 Å². The third-order valence-corrected chi connectivity index (χ3v) is 5.00. The van der Waals surface area contributed by atoms with Crippen LogP contribution in [0, 0.1) is 17.5 Å². The highest BCUT2D eigenvalue weighted by Crippen LogP contribution is 2.25. The maximum Gasteiger partial charge on any atom is 0.339 e. The monoisotopic (exact) mass is 422 g/mol. The van der Waals surface area contributed by atoms with Crippen molar-refractivity contribution < 1.29 is 27.9 Å². The fourth-order valence-electron chi connectivity index (χ4n) is 3.45. The van der Waals surface area contributed by atoms with Crippen LogP contribution in [0.15, 0.2) is 24.4 Å². The molecule has 0 radical (unpaired) electrons. The number of hydrogen-bond donors (Lipinski definition) is 3. The van der Waals surface area contributed by atoms with Gasteiger partial charge in [0.1, 0.15) is 11.4 Å². The van der Waals surface area contributed by atoms with Gasteiger partial charge >= 0.3 is 12.0 Å². The van der Waals surface area contributed by atoms with Gasteiger partial charge in [0, 0.05) is 37.0 Å². The summed E-state index contributed by atoms with van der Waals surface area (Å²) in [4.78, 5) is 29.5. The van der Waals surface area contributed by atoms with E-state index in [1.807, 2.05) is 4.90 Å². The second kappa shape index (κ2) is 9.02. The molecule has 0 atom stereocenters. The fourth-order valence-corrected chi connectivity index (χ4v) is 3.45. The zero-order valence-corrected chi connectivity index (χ0v) is 16.2. The quantitative estimate of drug-likeness (QED) is 0.641. The van der Waals surface area contributed by atoms with Crippen molar-refractivity contribution in [3.8, 4) is 0 Å². The molecule has 7 nitrogen and oxygen atoms in total. The average molecular weight is 422 g/mol. The molecule has 0 unspecified atom stereocenters. The molecule has 2 amide bonds. The summed E-state index contributed by atoms with van der Waals surface area (Å²) in [6.45, 7) is 2.40. The maximum absolute atomic E-state index is 14.3. The molecule has 2 aromatic rings. The molecule has 3 rings (SSSR count). The van der Waals surface area contributed by atoms with Crippen LogP contribution in [0.1, 0.15) is 35.7 Å². The van der Waals surface area contributed by atoms with Crippen molar-refractivity contribution in [1.82, 2.24) is 10.3 Å². The van der Waals surface area contributed by atoms with Crippen LogP contribution < -0.4 is 15.5 Å². The van der Waals surface area contributed by atoms with E-state index in [1.165, 1.54) is 19.2 Å². The number of benzene rings is 1. The van der Waals surface area contributed by atoms with Crippen molar-refractivity contribution in [2.24, 2.45) is 0 Å². The molecule has 1 aliphatic heterocycles. The number of aromatic nitrogens is 1. The molecule has 0 spiro atoms. The number of anilines is 2. The van der Waals surface area contributed by atoms with Crippen LogP contribution in [0.3, 0.4) is 0 Å². The molecule has 10 heteroatoms. The number of nitrogens with zero attached hydrogens (tertiary/aromatic N) is 2. The lowest BCUT2D eigenvalue weighted by Gasteiger charge is -2.33. The van der Waals surface area contributed by atoms with Crippen LogP contribution in [-0.4, -0.2) is 41.2 Å². The van der Waals surface area contributed by atoms with Gasteiger partial charge in [0.05, 0.1) is 5.69 Å². The predicted molar refractivity (Wildman–Crippen MR) is 104 cm³/mol. The van der Waals surface area contributed by atoms with E-state index >= 15 is 0 Å². The van der Waals surface area contributed by atoms with Crippen LogP contribution in [-0.2, 0) is 6.42 Å². The minimum Gasteiger partial charge on any atom is -0.478 e. The largest absolute Gasteiger partial charge is 0.478 e. The minimum atomic E-state index is -1.26. The Bertz CT molecular complexity index is 963. The molecule has 1 saturated heterocycles. The summed E-state index contributed by atoms with van der Waals surface area (Å²) in [5.41, 5.74) is -0.759. The molecule has 0 bridgehead atoms. The molecule has 1 aliphatic rings. The van der Waals surface area contributed by atoms with Gasteiger partial charge in [0.25, 0.3) is 0 Å². The molecule has 2 heterocycles. The summed E-state index contributed by atoms with van der Waals surface area (Å²) in [7, 11) is 0. The van der Waals surface area contributed by atoms with Crippen molar-refractivity contribution in [2.45, 2.75) is 32.2 Å². The molecule has 1 fully saturated rings. The van der Waals surface area contributed by atoms with E-state index in [2.05, 4.69) is 15.6 Å². The summed E-state index contributed by atoms with van der Waals surface area (Å²) in [5.74, 6) is -4.20. The number of hydrogen-bond acceptors (Lipinski definition) is 4. The number of piperidine rings is 1. The highest BCUT2D eigenvalue weighted by Gasteiger charge is 2.25. The molecular formula is C20H21F3N4O3. The Hall–Kier alpha value is -3.30. The Morgan fingerprint density at radius 3 is 2.57 bits per heavy atom. The lowest BCUT2D eigenvalue weighted by Crippen LogP contribution is -2.46. The number of pyridine rings is 1. The lowest BCUT2D eigenvalue weighted by atomic mass is 10.0. The Labute approximate surface area is 170 Å². The number of carboxylic acids is 1. The third-order valence-electron chi connectivity index (χ3n) is 5.00. The topological polar surface area (TPSA) is 94.6 Å². The molecule has 1 aromatic carbocycles. The molecule has 0 aliphatic carbocycles. The smallest absolute Gasteiger partial charge is 0.339 e. The fraction of sp³-hybridized carbons (Fsp3) is 0.350. The Kier molecular flexibility index (Phi) is 6.43. The summed E-state index contributed by atoms with van der Waals surface area (Å²) in [6.07, 6.45) is 2.46. The van der Waals surface area contributed by atoms with Crippen molar-refractivity contribution in [1.29, 1.82) is 0 Å². The van der Waals surface area contributed by atoms with Gasteiger partial charge in [-0.2, -0.15) is 0 Å². The molecule has 3 N–H and O–H groups in total. The number of amides is 2. The Morgan fingerprint density at radius 1 is 1.23 bits per heavy atom. The van der Waals surface area contributed by atoms with Gasteiger partial charge in [-0.15, -0.1) is 0 Å². The van der Waals surface area contributed by atoms with E-state index in [0.29, 0.717) is 37.8 Å². The molecule has 0 saturated carbocycles. The molecule has 1 aromatic heterocycles. The maximum atomic E-state index is 14.3. The van der Waals surface area contributed by atoms with Crippen molar-refractivity contribution in [2.75, 3.05) is 23.3 Å².